The van der Waals surface area contributed by atoms with Gasteiger partial charge in [0.25, 0.3) is 0 Å². The number of hydrogen-bond acceptors (Lipinski definition) is 1. The van der Waals surface area contributed by atoms with E-state index >= 15 is 0 Å². The first-order chi connectivity index (χ1) is 12.7. The molecular weight excluding hydrogens is 332 g/mol. The van der Waals surface area contributed by atoms with Crippen molar-refractivity contribution in [3.8, 4) is 12.0 Å². The molecule has 1 nitrogen and oxygen atoms in total. The van der Waals surface area contributed by atoms with Crippen LogP contribution in [-0.4, -0.2) is 8.32 Å². The molecule has 2 heteroatoms. The highest BCUT2D eigenvalue weighted by Gasteiger charge is 2.40. The summed E-state index contributed by atoms with van der Waals surface area (Å²) in [4.78, 5) is 0. The highest BCUT2D eigenvalue weighted by molar-refractivity contribution is 6.97. The van der Waals surface area contributed by atoms with Gasteiger partial charge in [0, 0.05) is 6.42 Å². The summed E-state index contributed by atoms with van der Waals surface area (Å²) >= 11 is 0. The predicted molar refractivity (Wildman–Crippen MR) is 115 cm³/mol. The molecule has 0 aliphatic rings. The first-order valence-electron chi connectivity index (χ1n) is 9.62. The van der Waals surface area contributed by atoms with Crippen LogP contribution < -0.4 is 10.4 Å². The van der Waals surface area contributed by atoms with Gasteiger partial charge >= 0.3 is 8.32 Å². The average molecular weight is 363 g/mol. The van der Waals surface area contributed by atoms with Crippen molar-refractivity contribution in [1.82, 2.24) is 0 Å². The fourth-order valence-corrected chi connectivity index (χ4v) is 7.00. The van der Waals surface area contributed by atoms with E-state index in [9.17, 15) is 0 Å². The molecule has 0 bridgehead atoms. The molecule has 2 aromatic rings. The maximum Gasteiger partial charge on any atom is 0.327 e. The monoisotopic (exact) mass is 362 g/mol. The molecule has 2 rings (SSSR count). The van der Waals surface area contributed by atoms with Gasteiger partial charge in [-0.25, -0.2) is 0 Å². The average Bonchev–Trinajstić information content (AvgIpc) is 2.69. The number of allylic oxidation sites excluding steroid dienone is 2. The number of benzene rings is 2. The van der Waals surface area contributed by atoms with Gasteiger partial charge in [-0.1, -0.05) is 105 Å². The van der Waals surface area contributed by atoms with Gasteiger partial charge in [0.2, 0.25) is 0 Å². The molecule has 0 saturated carbocycles. The largest absolute Gasteiger partial charge is 0.490 e. The Labute approximate surface area is 160 Å². The molecule has 0 fully saturated rings. The first kappa shape index (κ1) is 20.1. The van der Waals surface area contributed by atoms with E-state index in [2.05, 4.69) is 98.7 Å². The van der Waals surface area contributed by atoms with E-state index in [1.807, 2.05) is 6.92 Å². The molecule has 0 N–H and O–H groups in total. The van der Waals surface area contributed by atoms with Crippen molar-refractivity contribution in [2.24, 2.45) is 5.92 Å². The molecule has 0 aromatic heterocycles. The highest BCUT2D eigenvalue weighted by atomic mass is 28.4. The van der Waals surface area contributed by atoms with Crippen molar-refractivity contribution in [3.05, 3.63) is 72.8 Å². The minimum Gasteiger partial charge on any atom is -0.490 e. The Morgan fingerprint density at radius 1 is 1.00 bits per heavy atom. The zero-order chi connectivity index (χ0) is 18.7. The van der Waals surface area contributed by atoms with Gasteiger partial charge in [0.1, 0.15) is 0 Å². The third-order valence-electron chi connectivity index (χ3n) is 4.61. The zero-order valence-corrected chi connectivity index (χ0v) is 17.2. The minimum absolute atomic E-state index is 0.455. The van der Waals surface area contributed by atoms with Crippen LogP contribution in [0.4, 0.5) is 0 Å². The fourth-order valence-electron chi connectivity index (χ4n) is 3.19. The minimum atomic E-state index is -2.35. The van der Waals surface area contributed by atoms with Gasteiger partial charge in [0.05, 0.1) is 6.11 Å². The Morgan fingerprint density at radius 2 is 1.58 bits per heavy atom. The second kappa shape index (κ2) is 10.7. The molecule has 0 radical (unpaired) electrons. The van der Waals surface area contributed by atoms with Crippen LogP contribution in [0.25, 0.3) is 0 Å². The lowest BCUT2D eigenvalue weighted by atomic mass is 10.1. The molecule has 26 heavy (non-hydrogen) atoms. The van der Waals surface area contributed by atoms with E-state index in [4.69, 9.17) is 4.43 Å². The van der Waals surface area contributed by atoms with Crippen LogP contribution in [0.15, 0.2) is 72.8 Å². The molecule has 0 heterocycles. The Morgan fingerprint density at radius 3 is 2.08 bits per heavy atom. The van der Waals surface area contributed by atoms with Crippen molar-refractivity contribution >= 4 is 18.7 Å². The van der Waals surface area contributed by atoms with Crippen LogP contribution in [0, 0.1) is 17.9 Å². The van der Waals surface area contributed by atoms with Crippen LogP contribution in [0.2, 0.25) is 6.04 Å². The molecule has 0 aliphatic heterocycles. The lowest BCUT2D eigenvalue weighted by molar-refractivity contribution is 0.517. The molecular formula is C24H30OSi. The van der Waals surface area contributed by atoms with E-state index in [1.165, 1.54) is 10.4 Å². The SMILES string of the molecule is C/C=C/C(C)CC#CO[Si](CCCC)(c1ccccc1)c1ccccc1. The van der Waals surface area contributed by atoms with Crippen LogP contribution in [0.5, 0.6) is 0 Å². The summed E-state index contributed by atoms with van der Waals surface area (Å²) in [5, 5.41) is 2.60. The second-order valence-corrected chi connectivity index (χ2v) is 10.3. The molecule has 0 aliphatic carbocycles. The van der Waals surface area contributed by atoms with Crippen LogP contribution in [-0.2, 0) is 4.43 Å². The smallest absolute Gasteiger partial charge is 0.327 e. The third-order valence-corrected chi connectivity index (χ3v) is 8.65. The van der Waals surface area contributed by atoms with Crippen molar-refractivity contribution in [3.63, 3.8) is 0 Å². The Hall–Kier alpha value is -2.24. The summed E-state index contributed by atoms with van der Waals surface area (Å²) in [7, 11) is -2.35. The topological polar surface area (TPSA) is 9.23 Å². The normalized spacial score (nSPS) is 12.4. The van der Waals surface area contributed by atoms with E-state index in [0.29, 0.717) is 5.92 Å². The molecule has 0 spiro atoms. The fraction of sp³-hybridized carbons (Fsp3) is 0.333. The van der Waals surface area contributed by atoms with Crippen molar-refractivity contribution < 1.29 is 4.43 Å². The summed E-state index contributed by atoms with van der Waals surface area (Å²) in [5.74, 6) is 3.71. The van der Waals surface area contributed by atoms with Crippen molar-refractivity contribution in [1.29, 1.82) is 0 Å². The summed E-state index contributed by atoms with van der Waals surface area (Å²) in [6.07, 6.45) is 10.5. The standard InChI is InChI=1S/C24H30OSi/c1-4-6-21-26(23-16-9-7-10-17-23,24-18-11-8-12-19-24)25-20-13-15-22(3)14-5-2/h5,7-12,14,16-19,22H,4,6,15,21H2,1-3H3/b14-5+. The lowest BCUT2D eigenvalue weighted by Crippen LogP contribution is -2.60. The van der Waals surface area contributed by atoms with Crippen molar-refractivity contribution in [2.75, 3.05) is 0 Å². The van der Waals surface area contributed by atoms with E-state index in [1.54, 1.807) is 0 Å². The first-order valence-corrected chi connectivity index (χ1v) is 11.7. The molecule has 1 unspecified atom stereocenters. The van der Waals surface area contributed by atoms with E-state index < -0.39 is 8.32 Å². The highest BCUT2D eigenvalue weighted by Crippen LogP contribution is 2.17. The molecule has 136 valence electrons. The van der Waals surface area contributed by atoms with Gasteiger partial charge < -0.3 is 4.43 Å². The summed E-state index contributed by atoms with van der Waals surface area (Å²) in [6.45, 7) is 6.47. The molecule has 1 atom stereocenters. The number of unbranched alkanes of at least 4 members (excludes halogenated alkanes) is 1. The third kappa shape index (κ3) is 5.38. The van der Waals surface area contributed by atoms with Gasteiger partial charge in [-0.2, -0.15) is 0 Å². The maximum absolute atomic E-state index is 6.49. The molecule has 0 amide bonds. The maximum atomic E-state index is 6.49. The van der Waals surface area contributed by atoms with Gasteiger partial charge in [-0.05, 0) is 29.3 Å². The van der Waals surface area contributed by atoms with Gasteiger partial charge in [-0.15, -0.1) is 0 Å². The van der Waals surface area contributed by atoms with Crippen LogP contribution >= 0.6 is 0 Å². The quantitative estimate of drug-likeness (QED) is 0.359. The Balaban J connectivity index is 2.38. The van der Waals surface area contributed by atoms with Gasteiger partial charge in [-0.3, -0.25) is 0 Å². The molecule has 2 aromatic carbocycles. The Kier molecular flexibility index (Phi) is 8.25. The predicted octanol–water partition coefficient (Wildman–Crippen LogP) is 5.13. The van der Waals surface area contributed by atoms with Crippen LogP contribution in [0.3, 0.4) is 0 Å². The summed E-state index contributed by atoms with van der Waals surface area (Å²) in [6, 6.07) is 22.4. The molecule has 0 saturated heterocycles. The summed E-state index contributed by atoms with van der Waals surface area (Å²) < 4.78 is 6.49. The van der Waals surface area contributed by atoms with E-state index in [0.717, 1.165) is 25.3 Å². The van der Waals surface area contributed by atoms with Crippen LogP contribution in [0.1, 0.15) is 40.0 Å². The Bertz CT molecular complexity index is 686. The number of rotatable bonds is 8. The van der Waals surface area contributed by atoms with Gasteiger partial charge in [0.15, 0.2) is 0 Å². The second-order valence-electron chi connectivity index (χ2n) is 6.75. The number of hydrogen-bond donors (Lipinski definition) is 0. The van der Waals surface area contributed by atoms with E-state index in [-0.39, 0.29) is 0 Å². The van der Waals surface area contributed by atoms with Crippen molar-refractivity contribution in [2.45, 2.75) is 46.1 Å². The summed E-state index contributed by atoms with van der Waals surface area (Å²) in [5.41, 5.74) is 0. The zero-order valence-electron chi connectivity index (χ0n) is 16.2. The lowest BCUT2D eigenvalue weighted by Gasteiger charge is -2.29.